The third-order valence-electron chi connectivity index (χ3n) is 4.74. The predicted octanol–water partition coefficient (Wildman–Crippen LogP) is 3.04. The van der Waals surface area contributed by atoms with Gasteiger partial charge in [0.2, 0.25) is 0 Å². The highest BCUT2D eigenvalue weighted by Crippen LogP contribution is 2.37. The third-order valence-corrected chi connectivity index (χ3v) is 4.74. The number of amides is 1. The van der Waals surface area contributed by atoms with Gasteiger partial charge in [-0.05, 0) is 37.7 Å². The zero-order chi connectivity index (χ0) is 15.5. The average molecular weight is 303 g/mol. The van der Waals surface area contributed by atoms with Crippen molar-refractivity contribution in [3.63, 3.8) is 0 Å². The fraction of sp³-hybridized carbons (Fsp3) is 0.529. The van der Waals surface area contributed by atoms with Gasteiger partial charge in [0, 0.05) is 12.1 Å². The van der Waals surface area contributed by atoms with Crippen molar-refractivity contribution in [2.24, 2.45) is 5.92 Å². The molecule has 2 unspecified atom stereocenters. The lowest BCUT2D eigenvalue weighted by Gasteiger charge is -2.47. The highest BCUT2D eigenvalue weighted by Gasteiger charge is 2.43. The summed E-state index contributed by atoms with van der Waals surface area (Å²) in [7, 11) is 0. The van der Waals surface area contributed by atoms with Gasteiger partial charge in [-0.25, -0.2) is 4.79 Å². The second-order valence-corrected chi connectivity index (χ2v) is 6.19. The number of carboxylic acids is 1. The Kier molecular flexibility index (Phi) is 4.32. The molecule has 2 aliphatic heterocycles. The van der Waals surface area contributed by atoms with Gasteiger partial charge in [0.05, 0.1) is 5.92 Å². The molecule has 1 amide bonds. The molecule has 22 heavy (non-hydrogen) atoms. The Morgan fingerprint density at radius 2 is 1.77 bits per heavy atom. The number of carboxylic acid groups (broad SMARTS) is 1. The van der Waals surface area contributed by atoms with Crippen LogP contribution >= 0.6 is 0 Å². The van der Waals surface area contributed by atoms with Crippen molar-refractivity contribution in [3.8, 4) is 0 Å². The monoisotopic (exact) mass is 303 g/mol. The molecule has 5 heteroatoms. The lowest BCUT2D eigenvalue weighted by Crippen LogP contribution is -2.55. The van der Waals surface area contributed by atoms with Crippen LogP contribution in [0.15, 0.2) is 30.3 Å². The SMILES string of the molecule is O=C(O)C1CC2CCCC(C1)N2C(=O)OCc1ccccc1. The number of hydrogen-bond acceptors (Lipinski definition) is 3. The van der Waals surface area contributed by atoms with Gasteiger partial charge in [-0.3, -0.25) is 4.79 Å². The maximum atomic E-state index is 12.4. The number of ether oxygens (including phenoxy) is 1. The number of hydrogen-bond donors (Lipinski definition) is 1. The summed E-state index contributed by atoms with van der Waals surface area (Å²) < 4.78 is 5.44. The van der Waals surface area contributed by atoms with Gasteiger partial charge in [0.15, 0.2) is 0 Å². The van der Waals surface area contributed by atoms with E-state index in [0.29, 0.717) is 12.8 Å². The molecule has 2 atom stereocenters. The summed E-state index contributed by atoms with van der Waals surface area (Å²) in [5, 5.41) is 9.24. The molecule has 2 fully saturated rings. The molecule has 2 heterocycles. The van der Waals surface area contributed by atoms with Crippen LogP contribution in [0, 0.1) is 5.92 Å². The third kappa shape index (κ3) is 3.08. The lowest BCUT2D eigenvalue weighted by atomic mass is 9.78. The molecule has 1 aromatic rings. The molecule has 3 rings (SSSR count). The van der Waals surface area contributed by atoms with Crippen LogP contribution in [0.2, 0.25) is 0 Å². The van der Waals surface area contributed by atoms with Crippen molar-refractivity contribution >= 4 is 12.1 Å². The zero-order valence-corrected chi connectivity index (χ0v) is 12.5. The molecular weight excluding hydrogens is 282 g/mol. The maximum Gasteiger partial charge on any atom is 0.410 e. The van der Waals surface area contributed by atoms with E-state index in [1.807, 2.05) is 30.3 Å². The van der Waals surface area contributed by atoms with E-state index in [9.17, 15) is 14.7 Å². The number of rotatable bonds is 3. The van der Waals surface area contributed by atoms with Gasteiger partial charge >= 0.3 is 12.1 Å². The van der Waals surface area contributed by atoms with Crippen LogP contribution in [-0.4, -0.2) is 34.2 Å². The maximum absolute atomic E-state index is 12.4. The van der Waals surface area contributed by atoms with Crippen molar-refractivity contribution in [3.05, 3.63) is 35.9 Å². The van der Waals surface area contributed by atoms with E-state index < -0.39 is 5.97 Å². The van der Waals surface area contributed by atoms with E-state index in [-0.39, 0.29) is 30.7 Å². The van der Waals surface area contributed by atoms with Crippen molar-refractivity contribution in [1.29, 1.82) is 0 Å². The van der Waals surface area contributed by atoms with Gasteiger partial charge in [0.1, 0.15) is 6.61 Å². The van der Waals surface area contributed by atoms with Crippen LogP contribution in [-0.2, 0) is 16.1 Å². The second-order valence-electron chi connectivity index (χ2n) is 6.19. The highest BCUT2D eigenvalue weighted by molar-refractivity contribution is 5.72. The number of nitrogens with zero attached hydrogens (tertiary/aromatic N) is 1. The van der Waals surface area contributed by atoms with Crippen LogP contribution in [0.3, 0.4) is 0 Å². The van der Waals surface area contributed by atoms with Crippen molar-refractivity contribution in [2.45, 2.75) is 50.8 Å². The van der Waals surface area contributed by atoms with Gasteiger partial charge in [0.25, 0.3) is 0 Å². The largest absolute Gasteiger partial charge is 0.481 e. The molecule has 1 N–H and O–H groups in total. The molecule has 118 valence electrons. The Morgan fingerprint density at radius 3 is 2.36 bits per heavy atom. The minimum absolute atomic E-state index is 0.0110. The lowest BCUT2D eigenvalue weighted by molar-refractivity contribution is -0.145. The fourth-order valence-corrected chi connectivity index (χ4v) is 3.67. The number of benzene rings is 1. The van der Waals surface area contributed by atoms with Gasteiger partial charge in [-0.15, -0.1) is 0 Å². The summed E-state index contributed by atoms with van der Waals surface area (Å²) in [5.74, 6) is -1.07. The fourth-order valence-electron chi connectivity index (χ4n) is 3.67. The summed E-state index contributed by atoms with van der Waals surface area (Å²) in [6.45, 7) is 0.262. The summed E-state index contributed by atoms with van der Waals surface area (Å²) in [5.41, 5.74) is 0.960. The van der Waals surface area contributed by atoms with Crippen molar-refractivity contribution in [1.82, 2.24) is 4.90 Å². The molecule has 1 aromatic carbocycles. The minimum Gasteiger partial charge on any atom is -0.481 e. The van der Waals surface area contributed by atoms with E-state index in [1.165, 1.54) is 0 Å². The smallest absolute Gasteiger partial charge is 0.410 e. The molecule has 0 saturated carbocycles. The van der Waals surface area contributed by atoms with E-state index >= 15 is 0 Å². The molecule has 0 spiro atoms. The number of aliphatic carboxylic acids is 1. The second kappa shape index (κ2) is 6.38. The molecular formula is C17H21NO4. The number of piperidine rings is 2. The van der Waals surface area contributed by atoms with E-state index in [0.717, 1.165) is 24.8 Å². The summed E-state index contributed by atoms with van der Waals surface area (Å²) in [6, 6.07) is 9.61. The Hall–Kier alpha value is -2.04. The van der Waals surface area contributed by atoms with E-state index in [4.69, 9.17) is 4.74 Å². The Bertz CT molecular complexity index is 531. The Balaban J connectivity index is 1.63. The first-order valence-corrected chi connectivity index (χ1v) is 7.87. The van der Waals surface area contributed by atoms with Crippen LogP contribution in [0.4, 0.5) is 4.79 Å². The molecule has 0 aliphatic carbocycles. The average Bonchev–Trinajstić information content (AvgIpc) is 2.52. The first-order valence-electron chi connectivity index (χ1n) is 7.87. The Morgan fingerprint density at radius 1 is 1.14 bits per heavy atom. The van der Waals surface area contributed by atoms with E-state index in [1.54, 1.807) is 4.90 Å². The number of carbonyl (C=O) groups excluding carboxylic acids is 1. The minimum atomic E-state index is -0.741. The predicted molar refractivity (Wildman–Crippen MR) is 80.3 cm³/mol. The molecule has 5 nitrogen and oxygen atoms in total. The first-order chi connectivity index (χ1) is 10.6. The van der Waals surface area contributed by atoms with E-state index in [2.05, 4.69) is 0 Å². The van der Waals surface area contributed by atoms with Gasteiger partial charge in [-0.1, -0.05) is 30.3 Å². The topological polar surface area (TPSA) is 66.8 Å². The van der Waals surface area contributed by atoms with Crippen LogP contribution < -0.4 is 0 Å². The molecule has 0 radical (unpaired) electrons. The molecule has 2 bridgehead atoms. The van der Waals surface area contributed by atoms with Crippen LogP contribution in [0.25, 0.3) is 0 Å². The van der Waals surface area contributed by atoms with Crippen LogP contribution in [0.5, 0.6) is 0 Å². The normalized spacial score (nSPS) is 27.3. The van der Waals surface area contributed by atoms with Gasteiger partial charge in [-0.2, -0.15) is 0 Å². The quantitative estimate of drug-likeness (QED) is 0.932. The Labute approximate surface area is 129 Å². The van der Waals surface area contributed by atoms with Crippen molar-refractivity contribution < 1.29 is 19.4 Å². The number of fused-ring (bicyclic) bond motifs is 2. The van der Waals surface area contributed by atoms with Crippen LogP contribution in [0.1, 0.15) is 37.7 Å². The summed E-state index contributed by atoms with van der Waals surface area (Å²) >= 11 is 0. The molecule has 0 aromatic heterocycles. The summed E-state index contributed by atoms with van der Waals surface area (Å²) in [6.07, 6.45) is 3.60. The summed E-state index contributed by atoms with van der Waals surface area (Å²) in [4.78, 5) is 25.5. The van der Waals surface area contributed by atoms with Gasteiger partial charge < -0.3 is 14.7 Å². The molecule has 2 aliphatic rings. The zero-order valence-electron chi connectivity index (χ0n) is 12.5. The standard InChI is InChI=1S/C17H21NO4/c19-16(20)13-9-14-7-4-8-15(10-13)18(14)17(21)22-11-12-5-2-1-3-6-12/h1-3,5-6,13-15H,4,7-11H2,(H,19,20). The highest BCUT2D eigenvalue weighted by atomic mass is 16.6. The first kappa shape index (κ1) is 14.9. The number of carbonyl (C=O) groups is 2. The van der Waals surface area contributed by atoms with Crippen molar-refractivity contribution in [2.75, 3.05) is 0 Å². The molecule has 2 saturated heterocycles.